The highest BCUT2D eigenvalue weighted by molar-refractivity contribution is 5.77. The zero-order valence-electron chi connectivity index (χ0n) is 16.8. The molecule has 0 rings (SSSR count). The minimum atomic E-state index is -0.323. The van der Waals surface area contributed by atoms with Crippen molar-refractivity contribution in [3.63, 3.8) is 0 Å². The Labute approximate surface area is 160 Å². The first-order valence-electron chi connectivity index (χ1n) is 10.3. The summed E-state index contributed by atoms with van der Waals surface area (Å²) in [6, 6.07) is 0. The van der Waals surface area contributed by atoms with Crippen LogP contribution in [0.4, 0.5) is 0 Å². The third-order valence-electron chi connectivity index (χ3n) is 3.87. The Bertz CT molecular complexity index is 361. The van der Waals surface area contributed by atoms with Crippen molar-refractivity contribution < 1.29 is 19.1 Å². The average Bonchev–Trinajstić information content (AvgIpc) is 2.64. The highest BCUT2D eigenvalue weighted by atomic mass is 16.5. The fourth-order valence-electron chi connectivity index (χ4n) is 2.24. The minimum absolute atomic E-state index is 0.0993. The fraction of sp³-hybridized carbons (Fsp3) is 0.727. The van der Waals surface area contributed by atoms with Gasteiger partial charge in [-0.25, -0.2) is 0 Å². The second kappa shape index (κ2) is 19.7. The van der Waals surface area contributed by atoms with Gasteiger partial charge in [0.25, 0.3) is 0 Å². The molecule has 0 radical (unpaired) electrons. The van der Waals surface area contributed by atoms with Gasteiger partial charge in [0.1, 0.15) is 0 Å². The zero-order chi connectivity index (χ0) is 19.3. The lowest BCUT2D eigenvalue weighted by Crippen LogP contribution is -2.11. The van der Waals surface area contributed by atoms with Crippen LogP contribution in [0.1, 0.15) is 90.9 Å². The molecule has 4 nitrogen and oxygen atoms in total. The van der Waals surface area contributed by atoms with Gasteiger partial charge in [0.05, 0.1) is 26.1 Å². The van der Waals surface area contributed by atoms with Gasteiger partial charge in [0, 0.05) is 0 Å². The van der Waals surface area contributed by atoms with Crippen molar-refractivity contribution in [1.82, 2.24) is 0 Å². The van der Waals surface area contributed by atoms with Crippen LogP contribution in [-0.2, 0) is 19.1 Å². The molecule has 26 heavy (non-hydrogen) atoms. The van der Waals surface area contributed by atoms with Crippen molar-refractivity contribution in [3.05, 3.63) is 24.3 Å². The van der Waals surface area contributed by atoms with E-state index in [1.54, 1.807) is 0 Å². The van der Waals surface area contributed by atoms with Gasteiger partial charge in [-0.05, 0) is 38.5 Å². The van der Waals surface area contributed by atoms with E-state index in [0.717, 1.165) is 38.5 Å². The number of unbranched alkanes of at least 4 members (excludes halogenated alkanes) is 6. The number of carbonyl (C=O) groups excluding carboxylic acids is 2. The largest absolute Gasteiger partial charge is 0.466 e. The van der Waals surface area contributed by atoms with Crippen molar-refractivity contribution in [2.75, 3.05) is 13.2 Å². The summed E-state index contributed by atoms with van der Waals surface area (Å²) >= 11 is 0. The standard InChI is InChI=1S/C22H38O4/c1-3-5-7-9-11-13-15-19-25-21(23)17-18-22(24)26-20-16-14-12-10-8-6-4-2/h9-12H,3-8,13-20H2,1-2H3/b11-9+,12-10+. The van der Waals surface area contributed by atoms with E-state index < -0.39 is 0 Å². The predicted molar refractivity (Wildman–Crippen MR) is 107 cm³/mol. The van der Waals surface area contributed by atoms with Gasteiger partial charge in [-0.3, -0.25) is 9.59 Å². The fourth-order valence-corrected chi connectivity index (χ4v) is 2.24. The summed E-state index contributed by atoms with van der Waals surface area (Å²) in [7, 11) is 0. The average molecular weight is 367 g/mol. The maximum Gasteiger partial charge on any atom is 0.306 e. The molecule has 0 aliphatic rings. The molecule has 0 aromatic heterocycles. The van der Waals surface area contributed by atoms with Crippen LogP contribution in [0.15, 0.2) is 24.3 Å². The maximum absolute atomic E-state index is 11.6. The van der Waals surface area contributed by atoms with E-state index in [1.165, 1.54) is 25.7 Å². The molecule has 0 N–H and O–H groups in total. The highest BCUT2D eigenvalue weighted by Crippen LogP contribution is 2.02. The van der Waals surface area contributed by atoms with E-state index in [-0.39, 0.29) is 24.8 Å². The van der Waals surface area contributed by atoms with E-state index in [2.05, 4.69) is 38.2 Å². The quantitative estimate of drug-likeness (QED) is 0.182. The molecule has 0 aliphatic heterocycles. The van der Waals surface area contributed by atoms with Gasteiger partial charge in [-0.15, -0.1) is 0 Å². The van der Waals surface area contributed by atoms with Gasteiger partial charge in [-0.2, -0.15) is 0 Å². The van der Waals surface area contributed by atoms with Crippen LogP contribution in [-0.4, -0.2) is 25.2 Å². The lowest BCUT2D eigenvalue weighted by molar-refractivity contribution is -0.150. The minimum Gasteiger partial charge on any atom is -0.466 e. The molecule has 0 fully saturated rings. The molecule has 0 saturated heterocycles. The summed E-state index contributed by atoms with van der Waals surface area (Å²) in [6.45, 7) is 5.18. The second-order valence-corrected chi connectivity index (χ2v) is 6.45. The summed E-state index contributed by atoms with van der Waals surface area (Å²) in [5.74, 6) is -0.647. The Balaban J connectivity index is 3.46. The van der Waals surface area contributed by atoms with E-state index in [1.807, 2.05) is 0 Å². The van der Waals surface area contributed by atoms with Gasteiger partial charge in [0.2, 0.25) is 0 Å². The smallest absolute Gasteiger partial charge is 0.306 e. The molecular weight excluding hydrogens is 328 g/mol. The van der Waals surface area contributed by atoms with Crippen LogP contribution in [0, 0.1) is 0 Å². The Kier molecular flexibility index (Phi) is 18.5. The molecule has 0 heterocycles. The van der Waals surface area contributed by atoms with E-state index in [4.69, 9.17) is 9.47 Å². The van der Waals surface area contributed by atoms with Crippen molar-refractivity contribution in [3.8, 4) is 0 Å². The normalized spacial score (nSPS) is 11.3. The van der Waals surface area contributed by atoms with Crippen LogP contribution < -0.4 is 0 Å². The first kappa shape index (κ1) is 24.4. The lowest BCUT2D eigenvalue weighted by Gasteiger charge is -2.05. The molecule has 0 amide bonds. The number of ether oxygens (including phenoxy) is 2. The zero-order valence-corrected chi connectivity index (χ0v) is 16.8. The topological polar surface area (TPSA) is 52.6 Å². The Morgan fingerprint density at radius 2 is 0.962 bits per heavy atom. The molecule has 0 atom stereocenters. The monoisotopic (exact) mass is 366 g/mol. The van der Waals surface area contributed by atoms with Crippen LogP contribution >= 0.6 is 0 Å². The number of carbonyl (C=O) groups is 2. The predicted octanol–water partition coefficient (Wildman–Crippen LogP) is 5.91. The summed E-state index contributed by atoms with van der Waals surface area (Å²) in [6.07, 6.45) is 19.4. The molecule has 0 aromatic carbocycles. The van der Waals surface area contributed by atoms with E-state index >= 15 is 0 Å². The molecule has 4 heteroatoms. The Hall–Kier alpha value is -1.58. The van der Waals surface area contributed by atoms with Crippen molar-refractivity contribution in [2.24, 2.45) is 0 Å². The number of esters is 2. The first-order valence-corrected chi connectivity index (χ1v) is 10.3. The Morgan fingerprint density at radius 3 is 1.31 bits per heavy atom. The SMILES string of the molecule is CCCC/C=C/CCCOC(=O)CCC(=O)OCCC/C=C/CCCC. The summed E-state index contributed by atoms with van der Waals surface area (Å²) in [4.78, 5) is 23.1. The number of hydrogen-bond donors (Lipinski definition) is 0. The van der Waals surface area contributed by atoms with Crippen LogP contribution in [0.25, 0.3) is 0 Å². The molecular formula is C22H38O4. The number of hydrogen-bond acceptors (Lipinski definition) is 4. The lowest BCUT2D eigenvalue weighted by atomic mass is 10.2. The third-order valence-corrected chi connectivity index (χ3v) is 3.87. The third kappa shape index (κ3) is 18.8. The molecule has 0 unspecified atom stereocenters. The van der Waals surface area contributed by atoms with Gasteiger partial charge >= 0.3 is 11.9 Å². The number of rotatable bonds is 17. The molecule has 0 bridgehead atoms. The molecule has 0 aromatic rings. The van der Waals surface area contributed by atoms with Crippen LogP contribution in [0.2, 0.25) is 0 Å². The molecule has 0 spiro atoms. The second-order valence-electron chi connectivity index (χ2n) is 6.45. The van der Waals surface area contributed by atoms with Gasteiger partial charge in [-0.1, -0.05) is 63.8 Å². The Morgan fingerprint density at radius 1 is 0.615 bits per heavy atom. The molecule has 0 saturated carbocycles. The van der Waals surface area contributed by atoms with Gasteiger partial charge in [0.15, 0.2) is 0 Å². The van der Waals surface area contributed by atoms with Crippen molar-refractivity contribution in [2.45, 2.75) is 90.9 Å². The molecule has 150 valence electrons. The summed E-state index contributed by atoms with van der Waals surface area (Å²) in [5.41, 5.74) is 0. The van der Waals surface area contributed by atoms with Crippen molar-refractivity contribution in [1.29, 1.82) is 0 Å². The number of allylic oxidation sites excluding steroid dienone is 4. The highest BCUT2D eigenvalue weighted by Gasteiger charge is 2.08. The summed E-state index contributed by atoms with van der Waals surface area (Å²) in [5, 5.41) is 0. The van der Waals surface area contributed by atoms with Gasteiger partial charge < -0.3 is 9.47 Å². The van der Waals surface area contributed by atoms with Crippen LogP contribution in [0.5, 0.6) is 0 Å². The molecule has 0 aliphatic carbocycles. The maximum atomic E-state index is 11.6. The van der Waals surface area contributed by atoms with Crippen LogP contribution in [0.3, 0.4) is 0 Å². The van der Waals surface area contributed by atoms with Crippen molar-refractivity contribution >= 4 is 11.9 Å². The van der Waals surface area contributed by atoms with E-state index in [0.29, 0.717) is 13.2 Å². The van der Waals surface area contributed by atoms with E-state index in [9.17, 15) is 9.59 Å². The summed E-state index contributed by atoms with van der Waals surface area (Å²) < 4.78 is 10.2. The first-order chi connectivity index (χ1) is 12.7.